The summed E-state index contributed by atoms with van der Waals surface area (Å²) < 4.78 is 12.8. The number of para-hydroxylation sites is 1. The average Bonchev–Trinajstić information content (AvgIpc) is 3.95. The van der Waals surface area contributed by atoms with Crippen molar-refractivity contribution in [2.24, 2.45) is 0 Å². The number of aryl methyl sites for hydroxylation is 2. The Labute approximate surface area is 368 Å². The Morgan fingerprint density at radius 3 is 2.32 bits per heavy atom. The van der Waals surface area contributed by atoms with Gasteiger partial charge in [0.05, 0.1) is 68.1 Å². The second-order valence-corrected chi connectivity index (χ2v) is 16.8. The Kier molecular flexibility index (Phi) is 15.2. The van der Waals surface area contributed by atoms with Crippen molar-refractivity contribution in [2.75, 3.05) is 86.5 Å². The summed E-state index contributed by atoms with van der Waals surface area (Å²) in [5.41, 5.74) is 2.73. The van der Waals surface area contributed by atoms with E-state index in [1.54, 1.807) is 54.3 Å². The van der Waals surface area contributed by atoms with E-state index in [2.05, 4.69) is 46.0 Å². The number of carbonyl (C=O) groups is 4. The van der Waals surface area contributed by atoms with E-state index in [0.717, 1.165) is 49.3 Å². The Morgan fingerprint density at radius 2 is 1.60 bits per heavy atom. The summed E-state index contributed by atoms with van der Waals surface area (Å²) >= 11 is 1.37. The molecule has 0 unspecified atom stereocenters. The molecule has 1 aromatic carbocycles. The van der Waals surface area contributed by atoms with Crippen molar-refractivity contribution in [3.63, 3.8) is 0 Å². The number of hydrogen-bond acceptors (Lipinski definition) is 15. The fourth-order valence-corrected chi connectivity index (χ4v) is 8.48. The van der Waals surface area contributed by atoms with E-state index in [-0.39, 0.29) is 60.2 Å². The second kappa shape index (κ2) is 21.3. The molecule has 1 saturated carbocycles. The molecular weight excluding hydrogens is 827 g/mol. The van der Waals surface area contributed by atoms with Crippen LogP contribution in [0, 0.1) is 13.8 Å². The summed E-state index contributed by atoms with van der Waals surface area (Å²) in [6, 6.07) is 10.6. The van der Waals surface area contributed by atoms with Gasteiger partial charge in [0.1, 0.15) is 11.5 Å². The minimum atomic E-state index is -0.358. The van der Waals surface area contributed by atoms with Crippen LogP contribution >= 0.6 is 11.3 Å². The number of Topliss-reactive ketones (excluding diaryl/α,β-unsaturated/α-hetero) is 1. The molecule has 18 nitrogen and oxygen atoms in total. The van der Waals surface area contributed by atoms with Gasteiger partial charge in [-0.2, -0.15) is 4.98 Å². The molecule has 0 atom stereocenters. The van der Waals surface area contributed by atoms with Crippen molar-refractivity contribution < 1.29 is 28.7 Å². The third-order valence-corrected chi connectivity index (χ3v) is 11.9. The maximum atomic E-state index is 13.5. The first-order chi connectivity index (χ1) is 30.5. The number of anilines is 5. The number of nitrogens with one attached hydrogen (secondary N) is 4. The molecule has 3 amide bonds. The second-order valence-electron chi connectivity index (χ2n) is 15.5. The van der Waals surface area contributed by atoms with Crippen LogP contribution in [0.15, 0.2) is 59.8 Å². The van der Waals surface area contributed by atoms with E-state index in [0.29, 0.717) is 84.2 Å². The first-order valence-electron chi connectivity index (χ1n) is 21.2. The van der Waals surface area contributed by atoms with Gasteiger partial charge in [-0.15, -0.1) is 11.3 Å². The molecule has 1 aliphatic heterocycles. The minimum Gasteiger partial charge on any atom is -0.379 e. The number of piperazine rings is 1. The number of carbonyl (C=O) groups excluding carboxylic acids is 4. The summed E-state index contributed by atoms with van der Waals surface area (Å²) in [6.45, 7) is 9.78. The van der Waals surface area contributed by atoms with Crippen molar-refractivity contribution in [1.82, 2.24) is 34.7 Å². The van der Waals surface area contributed by atoms with Crippen LogP contribution in [0.4, 0.5) is 28.3 Å². The normalized spacial score (nSPS) is 14.5. The highest BCUT2D eigenvalue weighted by molar-refractivity contribution is 7.15. The molecule has 2 aliphatic rings. The highest BCUT2D eigenvalue weighted by Gasteiger charge is 2.26. The quantitative estimate of drug-likeness (QED) is 0.0644. The monoisotopic (exact) mass is 879 g/mol. The van der Waals surface area contributed by atoms with Crippen LogP contribution in [-0.4, -0.2) is 119 Å². The number of ketones is 1. The molecule has 2 fully saturated rings. The van der Waals surface area contributed by atoms with Gasteiger partial charge in [0, 0.05) is 61.4 Å². The van der Waals surface area contributed by atoms with Crippen LogP contribution < -0.4 is 31.7 Å². The molecular formula is C44H53N11O7S. The van der Waals surface area contributed by atoms with Gasteiger partial charge >= 0.3 is 0 Å². The molecule has 4 N–H and O–H groups in total. The molecule has 0 bridgehead atoms. The minimum absolute atomic E-state index is 0.00616. The molecule has 0 radical (unpaired) electrons. The first-order valence-corrected chi connectivity index (χ1v) is 22.0. The summed E-state index contributed by atoms with van der Waals surface area (Å²) in [7, 11) is 0. The Hall–Kier alpha value is -6.15. The number of thiazole rings is 1. The van der Waals surface area contributed by atoms with Crippen molar-refractivity contribution in [2.45, 2.75) is 58.9 Å². The summed E-state index contributed by atoms with van der Waals surface area (Å²) in [4.78, 5) is 87.3. The molecule has 19 heteroatoms. The third kappa shape index (κ3) is 11.7. The smallest absolute Gasteiger partial charge is 0.263 e. The van der Waals surface area contributed by atoms with E-state index < -0.39 is 0 Å². The predicted molar refractivity (Wildman–Crippen MR) is 241 cm³/mol. The number of hydrogen-bond donors (Lipinski definition) is 4. The van der Waals surface area contributed by atoms with Gasteiger partial charge in [-0.25, -0.2) is 15.0 Å². The molecule has 4 aromatic heterocycles. The van der Waals surface area contributed by atoms with Crippen LogP contribution in [0.2, 0.25) is 0 Å². The Morgan fingerprint density at radius 1 is 0.841 bits per heavy atom. The summed E-state index contributed by atoms with van der Waals surface area (Å²) in [6.07, 6.45) is 9.04. The number of pyridine rings is 2. The van der Waals surface area contributed by atoms with E-state index in [1.165, 1.54) is 18.3 Å². The highest BCUT2D eigenvalue weighted by atomic mass is 32.1. The van der Waals surface area contributed by atoms with Crippen molar-refractivity contribution in [1.29, 1.82) is 0 Å². The number of benzene rings is 1. The van der Waals surface area contributed by atoms with Crippen LogP contribution in [0.25, 0.3) is 11.0 Å². The standard InChI is InChI=1S/C44H53N11O7S/c1-28-24-48-44(63-28)52-41(59)33-10-6-7-11-35(33)49-37(57)14-20-61-22-23-62-21-15-45-38(58)27-53-16-18-54(19-17-53)32-12-13-36(46-25-32)50-43-47-26-34-29(2)39(30(3)56)42(60)55(40(34)51-43)31-8-4-5-9-31/h6-7,10-13,24-26,31H,4-5,8-9,14-23,27H2,1-3H3,(H,45,58)(H,49,57)(H,48,52,59)(H,46,47,50,51). The van der Waals surface area contributed by atoms with Crippen LogP contribution in [-0.2, 0) is 19.1 Å². The van der Waals surface area contributed by atoms with E-state index in [4.69, 9.17) is 14.5 Å². The lowest BCUT2D eigenvalue weighted by Crippen LogP contribution is -2.49. The van der Waals surface area contributed by atoms with Gasteiger partial charge in [-0.05, 0) is 63.4 Å². The number of fused-ring (bicyclic) bond motifs is 1. The third-order valence-electron chi connectivity index (χ3n) is 11.0. The van der Waals surface area contributed by atoms with Crippen LogP contribution in [0.5, 0.6) is 0 Å². The van der Waals surface area contributed by atoms with E-state index in [9.17, 15) is 24.0 Å². The lowest BCUT2D eigenvalue weighted by molar-refractivity contribution is -0.122. The zero-order chi connectivity index (χ0) is 44.3. The molecule has 1 aliphatic carbocycles. The maximum absolute atomic E-state index is 13.5. The number of amides is 3. The largest absolute Gasteiger partial charge is 0.379 e. The van der Waals surface area contributed by atoms with Gasteiger partial charge in [0.2, 0.25) is 17.8 Å². The average molecular weight is 880 g/mol. The number of aromatic nitrogens is 5. The van der Waals surface area contributed by atoms with Gasteiger partial charge in [-0.3, -0.25) is 38.8 Å². The summed E-state index contributed by atoms with van der Waals surface area (Å²) in [5.74, 6) is -0.0959. The lowest BCUT2D eigenvalue weighted by Gasteiger charge is -2.35. The molecule has 1 saturated heterocycles. The Balaban J connectivity index is 0.765. The molecule has 5 heterocycles. The first kappa shape index (κ1) is 44.9. The van der Waals surface area contributed by atoms with Gasteiger partial charge < -0.3 is 30.3 Å². The molecule has 7 rings (SSSR count). The van der Waals surface area contributed by atoms with E-state index in [1.807, 2.05) is 19.1 Å². The molecule has 0 spiro atoms. The van der Waals surface area contributed by atoms with Gasteiger partial charge in [0.15, 0.2) is 10.9 Å². The van der Waals surface area contributed by atoms with Gasteiger partial charge in [-0.1, -0.05) is 25.0 Å². The van der Waals surface area contributed by atoms with Crippen molar-refractivity contribution >= 4 is 74.1 Å². The lowest BCUT2D eigenvalue weighted by atomic mass is 10.0. The fourth-order valence-electron chi connectivity index (χ4n) is 7.82. The molecule has 63 heavy (non-hydrogen) atoms. The zero-order valence-corrected chi connectivity index (χ0v) is 36.6. The SMILES string of the molecule is CC(=O)c1c(C)c2cnc(Nc3ccc(N4CCN(CC(=O)NCCOCCOCCC(=O)Nc5ccccc5C(=O)Nc5ncc(C)s5)CC4)cn3)nc2n(C2CCCC2)c1=O. The predicted octanol–water partition coefficient (Wildman–Crippen LogP) is 4.87. The topological polar surface area (TPSA) is 215 Å². The molecule has 5 aromatic rings. The van der Waals surface area contributed by atoms with Gasteiger partial charge in [0.25, 0.3) is 11.5 Å². The molecule has 332 valence electrons. The summed E-state index contributed by atoms with van der Waals surface area (Å²) in [5, 5.41) is 12.8. The van der Waals surface area contributed by atoms with Crippen molar-refractivity contribution in [3.8, 4) is 0 Å². The highest BCUT2D eigenvalue weighted by Crippen LogP contribution is 2.32. The van der Waals surface area contributed by atoms with Crippen LogP contribution in [0.1, 0.15) is 76.2 Å². The van der Waals surface area contributed by atoms with Crippen molar-refractivity contribution in [3.05, 3.63) is 86.9 Å². The number of nitrogens with zero attached hydrogens (tertiary/aromatic N) is 7. The fraction of sp³-hybridized carbons (Fsp3) is 0.432. The Bertz CT molecular complexity index is 2480. The maximum Gasteiger partial charge on any atom is 0.263 e. The van der Waals surface area contributed by atoms with Crippen LogP contribution in [0.3, 0.4) is 0 Å². The zero-order valence-electron chi connectivity index (χ0n) is 35.8. The number of rotatable bonds is 19. The van der Waals surface area contributed by atoms with E-state index >= 15 is 0 Å². The number of ether oxygens (including phenoxy) is 2.